The van der Waals surface area contributed by atoms with Crippen molar-refractivity contribution in [1.82, 2.24) is 4.31 Å². The van der Waals surface area contributed by atoms with Crippen LogP contribution in [0.15, 0.2) is 12.1 Å². The summed E-state index contributed by atoms with van der Waals surface area (Å²) < 4.78 is 27.8. The lowest BCUT2D eigenvalue weighted by molar-refractivity contribution is 0.354. The van der Waals surface area contributed by atoms with Crippen LogP contribution in [0, 0.1) is 5.82 Å². The van der Waals surface area contributed by atoms with Crippen molar-refractivity contribution in [1.29, 1.82) is 0 Å². The van der Waals surface area contributed by atoms with E-state index in [4.69, 9.17) is 11.6 Å². The van der Waals surface area contributed by atoms with Gasteiger partial charge in [0, 0.05) is 16.9 Å². The lowest BCUT2D eigenvalue weighted by Gasteiger charge is -2.32. The van der Waals surface area contributed by atoms with Crippen LogP contribution < -0.4 is 0 Å². The van der Waals surface area contributed by atoms with Crippen LogP contribution in [-0.4, -0.2) is 13.6 Å². The molecule has 0 spiro atoms. The second-order valence-electron chi connectivity index (χ2n) is 5.54. The van der Waals surface area contributed by atoms with Crippen LogP contribution in [0.4, 0.5) is 4.39 Å². The largest absolute Gasteiger partial charge is 0.597 e. The normalized spacial score (nSPS) is 22.1. The highest BCUT2D eigenvalue weighted by Crippen LogP contribution is 2.41. The van der Waals surface area contributed by atoms with Crippen LogP contribution in [0.1, 0.15) is 44.9 Å². The van der Waals surface area contributed by atoms with Crippen LogP contribution in [0.3, 0.4) is 0 Å². The lowest BCUT2D eigenvalue weighted by Crippen LogP contribution is -2.41. The van der Waals surface area contributed by atoms with Crippen molar-refractivity contribution in [2.24, 2.45) is 0 Å². The van der Waals surface area contributed by atoms with Crippen LogP contribution in [0.2, 0.25) is 5.02 Å². The smallest absolute Gasteiger partial charge is 0.146 e. The molecule has 5 heteroatoms. The zero-order valence-corrected chi connectivity index (χ0v) is 12.5. The Bertz CT molecular complexity index is 475. The fourth-order valence-corrected chi connectivity index (χ4v) is 3.69. The average Bonchev–Trinajstić information content (AvgIpc) is 2.60. The van der Waals surface area contributed by atoms with Gasteiger partial charge in [-0.05, 0) is 39.3 Å². The molecule has 1 aromatic carbocycles. The van der Waals surface area contributed by atoms with E-state index in [0.717, 1.165) is 5.56 Å². The number of fused-ring (bicyclic) bond motifs is 1. The molecular formula is C13H17ClFNOS. The van der Waals surface area contributed by atoms with Gasteiger partial charge < -0.3 is 4.55 Å². The molecule has 0 aliphatic carbocycles. The van der Waals surface area contributed by atoms with Crippen molar-refractivity contribution in [2.45, 2.75) is 45.0 Å². The lowest BCUT2D eigenvalue weighted by atomic mass is 10.1. The molecule has 100 valence electrons. The van der Waals surface area contributed by atoms with Crippen molar-refractivity contribution >= 4 is 23.0 Å². The Morgan fingerprint density at radius 1 is 1.44 bits per heavy atom. The first-order chi connectivity index (χ1) is 8.23. The van der Waals surface area contributed by atoms with Crippen molar-refractivity contribution in [2.75, 3.05) is 0 Å². The van der Waals surface area contributed by atoms with Gasteiger partial charge in [0.25, 0.3) is 0 Å². The van der Waals surface area contributed by atoms with Crippen LogP contribution in [0.25, 0.3) is 0 Å². The third kappa shape index (κ3) is 2.27. The van der Waals surface area contributed by atoms with Gasteiger partial charge in [0.15, 0.2) is 0 Å². The van der Waals surface area contributed by atoms with E-state index in [-0.39, 0.29) is 21.6 Å². The third-order valence-electron chi connectivity index (χ3n) is 3.17. The average molecular weight is 290 g/mol. The molecule has 0 aromatic heterocycles. The Morgan fingerprint density at radius 3 is 2.61 bits per heavy atom. The summed E-state index contributed by atoms with van der Waals surface area (Å²) in [5.74, 6) is -0.380. The molecule has 1 aromatic rings. The summed E-state index contributed by atoms with van der Waals surface area (Å²) >= 11 is 4.63. The van der Waals surface area contributed by atoms with Gasteiger partial charge in [0.1, 0.15) is 10.6 Å². The molecule has 0 saturated carbocycles. The molecule has 0 bridgehead atoms. The molecule has 2 rings (SSSR count). The molecule has 2 atom stereocenters. The number of hydrogen-bond donors (Lipinski definition) is 0. The summed E-state index contributed by atoms with van der Waals surface area (Å²) in [7, 11) is 0. The fourth-order valence-electron chi connectivity index (χ4n) is 2.16. The van der Waals surface area contributed by atoms with Crippen LogP contribution in [-0.2, 0) is 17.9 Å². The molecule has 1 heterocycles. The molecule has 0 N–H and O–H groups in total. The van der Waals surface area contributed by atoms with Crippen molar-refractivity contribution in [3.63, 3.8) is 0 Å². The topological polar surface area (TPSA) is 26.3 Å². The van der Waals surface area contributed by atoms with Gasteiger partial charge in [-0.25, -0.2) is 4.39 Å². The van der Waals surface area contributed by atoms with Crippen molar-refractivity contribution in [3.8, 4) is 0 Å². The van der Waals surface area contributed by atoms with Gasteiger partial charge in [-0.3, -0.25) is 0 Å². The molecule has 18 heavy (non-hydrogen) atoms. The summed E-state index contributed by atoms with van der Waals surface area (Å²) in [6.07, 6.45) is 0. The van der Waals surface area contributed by atoms with Gasteiger partial charge in [0.05, 0.1) is 17.6 Å². The number of rotatable bonds is 1. The Hall–Kier alpha value is -0.290. The zero-order valence-electron chi connectivity index (χ0n) is 11.0. The molecule has 1 aliphatic rings. The minimum Gasteiger partial charge on any atom is -0.597 e. The van der Waals surface area contributed by atoms with Crippen molar-refractivity contribution in [3.05, 3.63) is 34.1 Å². The second kappa shape index (κ2) is 4.67. The van der Waals surface area contributed by atoms with E-state index in [2.05, 4.69) is 0 Å². The summed E-state index contributed by atoms with van der Waals surface area (Å²) in [4.78, 5) is 0. The maximum absolute atomic E-state index is 14.0. The van der Waals surface area contributed by atoms with Crippen LogP contribution >= 0.6 is 11.6 Å². The van der Waals surface area contributed by atoms with E-state index in [0.29, 0.717) is 12.1 Å². The van der Waals surface area contributed by atoms with E-state index in [1.54, 1.807) is 6.07 Å². The molecule has 0 radical (unpaired) electrons. The maximum Gasteiger partial charge on any atom is 0.146 e. The SMILES string of the molecule is C[C@H]1c2ccc(Cl)c(F)c2CN1[S@+]([O-])C(C)(C)C. The zero-order chi connectivity index (χ0) is 13.7. The first kappa shape index (κ1) is 14.1. The molecule has 1 aliphatic heterocycles. The molecule has 0 unspecified atom stereocenters. The Labute approximate surface area is 115 Å². The highest BCUT2D eigenvalue weighted by atomic mass is 35.5. The number of hydrogen-bond acceptors (Lipinski definition) is 2. The van der Waals surface area contributed by atoms with Gasteiger partial charge in [0.2, 0.25) is 0 Å². The van der Waals surface area contributed by atoms with E-state index in [1.165, 1.54) is 0 Å². The number of nitrogens with zero attached hydrogens (tertiary/aromatic N) is 1. The monoisotopic (exact) mass is 289 g/mol. The number of halogens is 2. The first-order valence-corrected chi connectivity index (χ1v) is 7.37. The Balaban J connectivity index is 2.36. The van der Waals surface area contributed by atoms with Crippen LogP contribution in [0.5, 0.6) is 0 Å². The summed E-state index contributed by atoms with van der Waals surface area (Å²) in [6.45, 7) is 8.06. The quantitative estimate of drug-likeness (QED) is 0.735. The van der Waals surface area contributed by atoms with Gasteiger partial charge >= 0.3 is 0 Å². The van der Waals surface area contributed by atoms with E-state index >= 15 is 0 Å². The minimum atomic E-state index is -1.16. The summed E-state index contributed by atoms with van der Waals surface area (Å²) in [5.41, 5.74) is 1.46. The number of benzene rings is 1. The van der Waals surface area contributed by atoms with Gasteiger partial charge in [-0.1, -0.05) is 17.7 Å². The molecule has 0 saturated heterocycles. The van der Waals surface area contributed by atoms with E-state index in [9.17, 15) is 8.94 Å². The minimum absolute atomic E-state index is 0.0492. The maximum atomic E-state index is 14.0. The highest BCUT2D eigenvalue weighted by molar-refractivity contribution is 7.90. The Morgan fingerprint density at radius 2 is 2.06 bits per heavy atom. The van der Waals surface area contributed by atoms with E-state index < -0.39 is 11.4 Å². The van der Waals surface area contributed by atoms with Crippen molar-refractivity contribution < 1.29 is 8.94 Å². The summed E-state index contributed by atoms with van der Waals surface area (Å²) in [6, 6.07) is 3.34. The van der Waals surface area contributed by atoms with Gasteiger partial charge in [-0.2, -0.15) is 0 Å². The first-order valence-electron chi connectivity index (χ1n) is 5.89. The molecule has 0 fully saturated rings. The predicted molar refractivity (Wildman–Crippen MR) is 73.3 cm³/mol. The van der Waals surface area contributed by atoms with E-state index in [1.807, 2.05) is 38.1 Å². The third-order valence-corrected chi connectivity index (χ3v) is 5.38. The molecular weight excluding hydrogens is 273 g/mol. The van der Waals surface area contributed by atoms with Gasteiger partial charge in [-0.15, -0.1) is 4.31 Å². The fraction of sp³-hybridized carbons (Fsp3) is 0.538. The highest BCUT2D eigenvalue weighted by Gasteiger charge is 2.42. The molecule has 0 amide bonds. The second-order valence-corrected chi connectivity index (χ2v) is 8.14. The predicted octanol–water partition coefficient (Wildman–Crippen LogP) is 3.82. The summed E-state index contributed by atoms with van der Waals surface area (Å²) in [5, 5.41) is 0.129. The molecule has 2 nitrogen and oxygen atoms in total. The Kier molecular flexibility index (Phi) is 3.67. The standard InChI is InChI=1S/C13H17ClFNOS/c1-8-9-5-6-11(14)12(15)10(9)7-16(8)18(17)13(2,3)4/h5-6,8H,7H2,1-4H3/t8-,18+/m0/s1.